The van der Waals surface area contributed by atoms with E-state index in [1.807, 2.05) is 32.2 Å². The molecule has 3 aromatic heterocycles. The average molecular weight is 239 g/mol. The Labute approximate surface area is 104 Å². The maximum absolute atomic E-state index is 6.23. The van der Waals surface area contributed by atoms with Gasteiger partial charge in [-0.25, -0.2) is 4.98 Å². The van der Waals surface area contributed by atoms with Crippen LogP contribution in [0.2, 0.25) is 0 Å². The molecule has 0 aliphatic rings. The van der Waals surface area contributed by atoms with Gasteiger partial charge in [0, 0.05) is 25.0 Å². The van der Waals surface area contributed by atoms with Gasteiger partial charge in [-0.1, -0.05) is 6.07 Å². The highest BCUT2D eigenvalue weighted by molar-refractivity contribution is 5.97. The Bertz CT molecular complexity index is 715. The fraction of sp³-hybridized carbons (Fsp3) is 0.154. The lowest BCUT2D eigenvalue weighted by Gasteiger charge is -2.05. The number of pyridine rings is 2. The average Bonchev–Trinajstić information content (AvgIpc) is 2.67. The minimum absolute atomic E-state index is 0.685. The highest BCUT2D eigenvalue weighted by Gasteiger charge is 2.14. The lowest BCUT2D eigenvalue weighted by atomic mass is 10.1. The number of nitrogen functional groups attached to an aromatic ring is 1. The van der Waals surface area contributed by atoms with E-state index in [0.717, 1.165) is 28.0 Å². The molecule has 0 aromatic carbocycles. The van der Waals surface area contributed by atoms with Gasteiger partial charge >= 0.3 is 0 Å². The molecule has 2 N–H and O–H groups in total. The van der Waals surface area contributed by atoms with Crippen molar-refractivity contribution in [3.05, 3.63) is 36.3 Å². The molecule has 5 nitrogen and oxygen atoms in total. The van der Waals surface area contributed by atoms with E-state index in [0.29, 0.717) is 5.69 Å². The molecule has 0 fully saturated rings. The Balaban J connectivity index is 2.33. The Morgan fingerprint density at radius 3 is 2.78 bits per heavy atom. The molecular weight excluding hydrogens is 226 g/mol. The second-order valence-electron chi connectivity index (χ2n) is 4.21. The molecule has 5 heteroatoms. The van der Waals surface area contributed by atoms with Crippen LogP contribution in [0.3, 0.4) is 0 Å². The third-order valence-electron chi connectivity index (χ3n) is 3.01. The number of nitrogens with zero attached hydrogens (tertiary/aromatic N) is 4. The summed E-state index contributed by atoms with van der Waals surface area (Å²) in [4.78, 5) is 8.73. The van der Waals surface area contributed by atoms with E-state index in [9.17, 15) is 0 Å². The monoisotopic (exact) mass is 239 g/mol. The van der Waals surface area contributed by atoms with E-state index >= 15 is 0 Å². The molecule has 3 heterocycles. The van der Waals surface area contributed by atoms with Gasteiger partial charge in [0.15, 0.2) is 5.65 Å². The van der Waals surface area contributed by atoms with Crippen molar-refractivity contribution in [3.8, 4) is 11.3 Å². The molecular formula is C13H13N5. The Hall–Kier alpha value is -2.43. The molecule has 0 spiro atoms. The van der Waals surface area contributed by atoms with Gasteiger partial charge in [0.2, 0.25) is 0 Å². The van der Waals surface area contributed by atoms with Gasteiger partial charge in [-0.15, -0.1) is 0 Å². The lowest BCUT2D eigenvalue weighted by Crippen LogP contribution is -1.96. The standard InChI is InChI=1S/C13H13N5/c1-8-11-12(14)9(10-5-3-4-6-15-10)7-16-13(11)18(2)17-8/h3-7H,1-2H3,(H2,14,16). The molecule has 3 aromatic rings. The molecule has 0 unspecified atom stereocenters. The first-order valence-corrected chi connectivity index (χ1v) is 5.67. The summed E-state index contributed by atoms with van der Waals surface area (Å²) in [5.41, 5.74) is 10.3. The summed E-state index contributed by atoms with van der Waals surface area (Å²) in [5.74, 6) is 0. The van der Waals surface area contributed by atoms with Crippen molar-refractivity contribution in [1.82, 2.24) is 19.7 Å². The van der Waals surface area contributed by atoms with Crippen molar-refractivity contribution >= 4 is 16.7 Å². The summed E-state index contributed by atoms with van der Waals surface area (Å²) >= 11 is 0. The Morgan fingerprint density at radius 1 is 1.22 bits per heavy atom. The van der Waals surface area contributed by atoms with Crippen LogP contribution in [0.1, 0.15) is 5.69 Å². The largest absolute Gasteiger partial charge is 0.397 e. The molecule has 0 amide bonds. The molecule has 0 aliphatic carbocycles. The summed E-state index contributed by atoms with van der Waals surface area (Å²) in [5, 5.41) is 5.24. The van der Waals surface area contributed by atoms with Crippen LogP contribution in [0.25, 0.3) is 22.3 Å². The molecule has 18 heavy (non-hydrogen) atoms. The van der Waals surface area contributed by atoms with Gasteiger partial charge in [0.05, 0.1) is 22.5 Å². The zero-order valence-electron chi connectivity index (χ0n) is 10.3. The van der Waals surface area contributed by atoms with Crippen LogP contribution in [0, 0.1) is 6.92 Å². The summed E-state index contributed by atoms with van der Waals surface area (Å²) in [6.45, 7) is 1.93. The summed E-state index contributed by atoms with van der Waals surface area (Å²) in [6, 6.07) is 5.73. The zero-order valence-corrected chi connectivity index (χ0v) is 10.3. The SMILES string of the molecule is Cc1nn(C)c2ncc(-c3ccccn3)c(N)c12. The van der Waals surface area contributed by atoms with Crippen LogP contribution in [0.15, 0.2) is 30.6 Å². The van der Waals surface area contributed by atoms with Crippen molar-refractivity contribution in [2.24, 2.45) is 7.05 Å². The lowest BCUT2D eigenvalue weighted by molar-refractivity contribution is 0.774. The second kappa shape index (κ2) is 3.80. The van der Waals surface area contributed by atoms with Crippen molar-refractivity contribution in [2.45, 2.75) is 6.92 Å². The first kappa shape index (κ1) is 10.7. The molecule has 0 saturated carbocycles. The van der Waals surface area contributed by atoms with E-state index in [-0.39, 0.29) is 0 Å². The highest BCUT2D eigenvalue weighted by Crippen LogP contribution is 2.31. The van der Waals surface area contributed by atoms with Crippen molar-refractivity contribution in [2.75, 3.05) is 5.73 Å². The van der Waals surface area contributed by atoms with E-state index < -0.39 is 0 Å². The molecule has 0 bridgehead atoms. The third kappa shape index (κ3) is 1.44. The van der Waals surface area contributed by atoms with Crippen LogP contribution >= 0.6 is 0 Å². The number of aryl methyl sites for hydroxylation is 2. The number of anilines is 1. The van der Waals surface area contributed by atoms with Gasteiger partial charge in [0.25, 0.3) is 0 Å². The van der Waals surface area contributed by atoms with E-state index in [2.05, 4.69) is 15.1 Å². The predicted molar refractivity (Wildman–Crippen MR) is 70.9 cm³/mol. The maximum atomic E-state index is 6.23. The minimum Gasteiger partial charge on any atom is -0.397 e. The number of nitrogens with two attached hydrogens (primary N) is 1. The number of hydrogen-bond acceptors (Lipinski definition) is 4. The molecule has 90 valence electrons. The number of aromatic nitrogens is 4. The van der Waals surface area contributed by atoms with Gasteiger partial charge in [-0.2, -0.15) is 5.10 Å². The first-order valence-electron chi connectivity index (χ1n) is 5.67. The smallest absolute Gasteiger partial charge is 0.159 e. The van der Waals surface area contributed by atoms with Gasteiger partial charge in [-0.3, -0.25) is 9.67 Å². The fourth-order valence-corrected chi connectivity index (χ4v) is 2.17. The highest BCUT2D eigenvalue weighted by atomic mass is 15.3. The van der Waals surface area contributed by atoms with Crippen LogP contribution in [-0.4, -0.2) is 19.7 Å². The van der Waals surface area contributed by atoms with Gasteiger partial charge < -0.3 is 5.73 Å². The van der Waals surface area contributed by atoms with Crippen LogP contribution in [-0.2, 0) is 7.05 Å². The maximum Gasteiger partial charge on any atom is 0.159 e. The van der Waals surface area contributed by atoms with Crippen molar-refractivity contribution in [1.29, 1.82) is 0 Å². The van der Waals surface area contributed by atoms with Crippen LogP contribution in [0.4, 0.5) is 5.69 Å². The van der Waals surface area contributed by atoms with Gasteiger partial charge in [0.1, 0.15) is 0 Å². The summed E-state index contributed by atoms with van der Waals surface area (Å²) in [6.07, 6.45) is 3.50. The Morgan fingerprint density at radius 2 is 2.06 bits per heavy atom. The van der Waals surface area contributed by atoms with E-state index in [1.165, 1.54) is 0 Å². The predicted octanol–water partition coefficient (Wildman–Crippen LogP) is 1.92. The summed E-state index contributed by atoms with van der Waals surface area (Å²) < 4.78 is 1.74. The zero-order chi connectivity index (χ0) is 12.7. The van der Waals surface area contributed by atoms with Crippen molar-refractivity contribution < 1.29 is 0 Å². The number of fused-ring (bicyclic) bond motifs is 1. The number of rotatable bonds is 1. The van der Waals surface area contributed by atoms with E-state index in [4.69, 9.17) is 5.73 Å². The molecule has 0 saturated heterocycles. The third-order valence-corrected chi connectivity index (χ3v) is 3.01. The molecule has 0 aliphatic heterocycles. The summed E-state index contributed by atoms with van der Waals surface area (Å²) in [7, 11) is 1.86. The van der Waals surface area contributed by atoms with Crippen LogP contribution in [0.5, 0.6) is 0 Å². The number of hydrogen-bond donors (Lipinski definition) is 1. The normalized spacial score (nSPS) is 11.0. The molecule has 0 atom stereocenters. The molecule has 0 radical (unpaired) electrons. The van der Waals surface area contributed by atoms with Crippen LogP contribution < -0.4 is 5.73 Å². The topological polar surface area (TPSA) is 69.6 Å². The first-order chi connectivity index (χ1) is 8.68. The fourth-order valence-electron chi connectivity index (χ4n) is 2.17. The van der Waals surface area contributed by atoms with Gasteiger partial charge in [-0.05, 0) is 19.1 Å². The minimum atomic E-state index is 0.685. The van der Waals surface area contributed by atoms with Crippen molar-refractivity contribution in [3.63, 3.8) is 0 Å². The van der Waals surface area contributed by atoms with E-state index in [1.54, 1.807) is 17.1 Å². The Kier molecular flexibility index (Phi) is 2.26. The second-order valence-corrected chi connectivity index (χ2v) is 4.21. The quantitative estimate of drug-likeness (QED) is 0.704. The molecule has 3 rings (SSSR count).